The van der Waals surface area contributed by atoms with Crippen molar-refractivity contribution in [3.8, 4) is 0 Å². The third-order valence-corrected chi connectivity index (χ3v) is 4.58. The van der Waals surface area contributed by atoms with Crippen LogP contribution in [0.5, 0.6) is 0 Å². The molecule has 0 amide bonds. The SMILES string of the molecule is CCOC(=O)c1nnn(Cc2sccc2Br)c1CCl. The van der Waals surface area contributed by atoms with Crippen molar-refractivity contribution >= 4 is 44.8 Å². The van der Waals surface area contributed by atoms with Crippen LogP contribution in [-0.2, 0) is 17.2 Å². The smallest absolute Gasteiger partial charge is 0.360 e. The summed E-state index contributed by atoms with van der Waals surface area (Å²) >= 11 is 10.9. The number of hydrogen-bond donors (Lipinski definition) is 0. The highest BCUT2D eigenvalue weighted by Gasteiger charge is 2.20. The van der Waals surface area contributed by atoms with Gasteiger partial charge in [-0.3, -0.25) is 0 Å². The molecule has 0 aliphatic heterocycles. The van der Waals surface area contributed by atoms with Crippen LogP contribution in [0, 0.1) is 0 Å². The molecule has 102 valence electrons. The monoisotopic (exact) mass is 363 g/mol. The molecule has 0 aromatic carbocycles. The summed E-state index contributed by atoms with van der Waals surface area (Å²) in [6, 6.07) is 1.96. The molecule has 2 rings (SSSR count). The van der Waals surface area contributed by atoms with Gasteiger partial charge in [-0.2, -0.15) is 0 Å². The van der Waals surface area contributed by atoms with Gasteiger partial charge >= 0.3 is 5.97 Å². The third kappa shape index (κ3) is 3.16. The standard InChI is InChI=1S/C11H11BrClN3O2S/c1-2-18-11(17)10-8(5-13)16(15-14-10)6-9-7(12)3-4-19-9/h3-4H,2,5-6H2,1H3. The molecule has 2 aromatic rings. The first-order chi connectivity index (χ1) is 9.17. The van der Waals surface area contributed by atoms with E-state index in [0.29, 0.717) is 18.8 Å². The Bertz CT molecular complexity index is 584. The van der Waals surface area contributed by atoms with Crippen molar-refractivity contribution in [1.82, 2.24) is 15.0 Å². The third-order valence-electron chi connectivity index (χ3n) is 2.42. The van der Waals surface area contributed by atoms with E-state index in [1.165, 1.54) is 0 Å². The molecular formula is C11H11BrClN3O2S. The van der Waals surface area contributed by atoms with Gasteiger partial charge in [0.2, 0.25) is 0 Å². The van der Waals surface area contributed by atoms with Gasteiger partial charge in [0.15, 0.2) is 5.69 Å². The molecule has 0 aliphatic rings. The second kappa shape index (κ2) is 6.49. The molecular weight excluding hydrogens is 354 g/mol. The summed E-state index contributed by atoms with van der Waals surface area (Å²) in [6.45, 7) is 2.56. The Kier molecular flexibility index (Phi) is 4.95. The minimum Gasteiger partial charge on any atom is -0.461 e. The van der Waals surface area contributed by atoms with E-state index in [9.17, 15) is 4.79 Å². The number of halogens is 2. The Morgan fingerprint density at radius 3 is 3.00 bits per heavy atom. The van der Waals surface area contributed by atoms with Crippen molar-refractivity contribution in [3.63, 3.8) is 0 Å². The van der Waals surface area contributed by atoms with E-state index in [1.807, 2.05) is 11.4 Å². The van der Waals surface area contributed by atoms with Crippen LogP contribution >= 0.6 is 38.9 Å². The van der Waals surface area contributed by atoms with Gasteiger partial charge in [-0.15, -0.1) is 28.0 Å². The summed E-state index contributed by atoms with van der Waals surface area (Å²) in [5.41, 5.74) is 0.755. The Balaban J connectivity index is 2.27. The number of carbonyl (C=O) groups is 1. The molecule has 0 radical (unpaired) electrons. The predicted molar refractivity (Wildman–Crippen MR) is 76.7 cm³/mol. The van der Waals surface area contributed by atoms with Gasteiger partial charge in [-0.1, -0.05) is 5.21 Å². The number of esters is 1. The maximum Gasteiger partial charge on any atom is 0.360 e. The first kappa shape index (κ1) is 14.5. The maximum atomic E-state index is 11.7. The maximum absolute atomic E-state index is 11.7. The lowest BCUT2D eigenvalue weighted by Crippen LogP contribution is -2.10. The molecule has 0 atom stereocenters. The first-order valence-corrected chi connectivity index (χ1v) is 7.75. The van der Waals surface area contributed by atoms with E-state index in [-0.39, 0.29) is 11.6 Å². The van der Waals surface area contributed by atoms with Crippen molar-refractivity contribution in [1.29, 1.82) is 0 Å². The molecule has 0 N–H and O–H groups in total. The molecule has 8 heteroatoms. The van der Waals surface area contributed by atoms with Crippen molar-refractivity contribution in [3.05, 3.63) is 32.2 Å². The lowest BCUT2D eigenvalue weighted by Gasteiger charge is -2.04. The van der Waals surface area contributed by atoms with Crippen LogP contribution in [-0.4, -0.2) is 27.6 Å². The summed E-state index contributed by atoms with van der Waals surface area (Å²) in [5, 5.41) is 9.81. The van der Waals surface area contributed by atoms with Gasteiger partial charge in [0, 0.05) is 9.35 Å². The van der Waals surface area contributed by atoms with Crippen LogP contribution in [0.3, 0.4) is 0 Å². The Morgan fingerprint density at radius 2 is 2.42 bits per heavy atom. The molecule has 5 nitrogen and oxygen atoms in total. The summed E-state index contributed by atoms with van der Waals surface area (Å²) in [5.74, 6) is -0.334. The second-order valence-corrected chi connectivity index (χ2v) is 5.71. The molecule has 0 fully saturated rings. The fraction of sp³-hybridized carbons (Fsp3) is 0.364. The zero-order chi connectivity index (χ0) is 13.8. The Morgan fingerprint density at radius 1 is 1.63 bits per heavy atom. The van der Waals surface area contributed by atoms with Gasteiger partial charge in [0.05, 0.1) is 24.7 Å². The second-order valence-electron chi connectivity index (χ2n) is 3.59. The zero-order valence-electron chi connectivity index (χ0n) is 10.1. The number of carbonyl (C=O) groups excluding carboxylic acids is 1. The van der Waals surface area contributed by atoms with Gasteiger partial charge in [-0.25, -0.2) is 9.48 Å². The molecule has 2 heterocycles. The van der Waals surface area contributed by atoms with Crippen LogP contribution in [0.25, 0.3) is 0 Å². The Labute approximate surface area is 127 Å². The normalized spacial score (nSPS) is 10.7. The minimum absolute atomic E-state index is 0.157. The van der Waals surface area contributed by atoms with Gasteiger partial charge in [0.1, 0.15) is 0 Å². The molecule has 2 aromatic heterocycles. The molecule has 0 aliphatic carbocycles. The van der Waals surface area contributed by atoms with E-state index >= 15 is 0 Å². The van der Waals surface area contributed by atoms with E-state index in [0.717, 1.165) is 9.35 Å². The van der Waals surface area contributed by atoms with Gasteiger partial charge in [-0.05, 0) is 34.3 Å². The minimum atomic E-state index is -0.491. The summed E-state index contributed by atoms with van der Waals surface area (Å²) in [6.07, 6.45) is 0. The van der Waals surface area contributed by atoms with E-state index < -0.39 is 5.97 Å². The highest BCUT2D eigenvalue weighted by Crippen LogP contribution is 2.24. The van der Waals surface area contributed by atoms with Crippen LogP contribution < -0.4 is 0 Å². The van der Waals surface area contributed by atoms with Crippen LogP contribution in [0.2, 0.25) is 0 Å². The largest absolute Gasteiger partial charge is 0.461 e. The van der Waals surface area contributed by atoms with Crippen molar-refractivity contribution in [2.45, 2.75) is 19.3 Å². The highest BCUT2D eigenvalue weighted by atomic mass is 79.9. The van der Waals surface area contributed by atoms with E-state index in [2.05, 4.69) is 26.2 Å². The quantitative estimate of drug-likeness (QED) is 0.604. The molecule has 19 heavy (non-hydrogen) atoms. The Hall–Kier alpha value is -0.920. The molecule has 0 bridgehead atoms. The van der Waals surface area contributed by atoms with Crippen LogP contribution in [0.1, 0.15) is 28.0 Å². The molecule has 0 saturated carbocycles. The van der Waals surface area contributed by atoms with E-state index in [4.69, 9.17) is 16.3 Å². The average molecular weight is 365 g/mol. The lowest BCUT2D eigenvalue weighted by molar-refractivity contribution is 0.0518. The number of nitrogens with zero attached hydrogens (tertiary/aromatic N) is 3. The van der Waals surface area contributed by atoms with Gasteiger partial charge in [0.25, 0.3) is 0 Å². The van der Waals surface area contributed by atoms with Crippen LogP contribution in [0.4, 0.5) is 0 Å². The lowest BCUT2D eigenvalue weighted by atomic mass is 10.3. The number of ether oxygens (including phenoxy) is 1. The van der Waals surface area contributed by atoms with Crippen molar-refractivity contribution in [2.75, 3.05) is 6.61 Å². The number of thiophene rings is 1. The zero-order valence-corrected chi connectivity index (χ0v) is 13.3. The summed E-state index contributed by atoms with van der Waals surface area (Å²) < 4.78 is 7.55. The summed E-state index contributed by atoms with van der Waals surface area (Å²) in [4.78, 5) is 12.8. The number of hydrogen-bond acceptors (Lipinski definition) is 5. The van der Waals surface area contributed by atoms with E-state index in [1.54, 1.807) is 22.9 Å². The number of rotatable bonds is 5. The molecule has 0 spiro atoms. The van der Waals surface area contributed by atoms with Crippen molar-refractivity contribution in [2.24, 2.45) is 0 Å². The fourth-order valence-electron chi connectivity index (χ4n) is 1.52. The van der Waals surface area contributed by atoms with Crippen molar-refractivity contribution < 1.29 is 9.53 Å². The number of alkyl halides is 1. The van der Waals surface area contributed by atoms with Gasteiger partial charge < -0.3 is 4.74 Å². The molecule has 0 unspecified atom stereocenters. The highest BCUT2D eigenvalue weighted by molar-refractivity contribution is 9.10. The average Bonchev–Trinajstić information content (AvgIpc) is 2.97. The first-order valence-electron chi connectivity index (χ1n) is 5.54. The fourth-order valence-corrected chi connectivity index (χ4v) is 3.25. The predicted octanol–water partition coefficient (Wildman–Crippen LogP) is 3.07. The summed E-state index contributed by atoms with van der Waals surface area (Å²) in [7, 11) is 0. The number of aromatic nitrogens is 3. The molecule has 0 saturated heterocycles. The topological polar surface area (TPSA) is 57.0 Å². The van der Waals surface area contributed by atoms with Crippen LogP contribution in [0.15, 0.2) is 15.9 Å².